The first-order chi connectivity index (χ1) is 11.2. The second kappa shape index (κ2) is 8.78. The fourth-order valence-electron chi connectivity index (χ4n) is 2.91. The number of unbranched alkanes of at least 4 members (excludes halogenated alkanes) is 5. The molecule has 1 aliphatic rings. The van der Waals surface area contributed by atoms with E-state index >= 15 is 0 Å². The summed E-state index contributed by atoms with van der Waals surface area (Å²) in [6, 6.07) is 8.07. The maximum absolute atomic E-state index is 6.56. The first-order valence-electron chi connectivity index (χ1n) is 8.82. The van der Waals surface area contributed by atoms with Crippen molar-refractivity contribution in [2.45, 2.75) is 57.4 Å². The van der Waals surface area contributed by atoms with Gasteiger partial charge in [0, 0.05) is 11.3 Å². The van der Waals surface area contributed by atoms with Crippen molar-refractivity contribution >= 4 is 0 Å². The maximum atomic E-state index is 6.56. The van der Waals surface area contributed by atoms with Crippen LogP contribution in [0.3, 0.4) is 0 Å². The molecule has 1 aliphatic carbocycles. The predicted octanol–water partition coefficient (Wildman–Crippen LogP) is 4.38. The van der Waals surface area contributed by atoms with Crippen LogP contribution >= 0.6 is 0 Å². The van der Waals surface area contributed by atoms with E-state index in [2.05, 4.69) is 13.0 Å². The minimum atomic E-state index is -0.527. The Morgan fingerprint density at radius 1 is 1.09 bits per heavy atom. The lowest BCUT2D eigenvalue weighted by molar-refractivity contribution is 0.296. The predicted molar refractivity (Wildman–Crippen MR) is 97.2 cm³/mol. The van der Waals surface area contributed by atoms with Gasteiger partial charge < -0.3 is 16.2 Å². The summed E-state index contributed by atoms with van der Waals surface area (Å²) in [5.74, 6) is 0.891. The quantitative estimate of drug-likeness (QED) is 0.665. The summed E-state index contributed by atoms with van der Waals surface area (Å²) in [6.45, 7) is 2.99. The Bertz CT molecular complexity index is 550. The molecule has 1 aromatic carbocycles. The zero-order chi connectivity index (χ0) is 16.5. The standard InChI is InChI=1S/C20H30N2O/c1-2-3-4-5-6-9-16-23-19-11-8-7-10-18(19)20(22)14-12-17(21)13-15-20/h7-8,10-14H,2-6,9,15-16,21-22H2,1H3. The Balaban J connectivity index is 1.90. The number of hydrogen-bond acceptors (Lipinski definition) is 3. The van der Waals surface area contributed by atoms with Crippen LogP contribution in [-0.2, 0) is 5.54 Å². The summed E-state index contributed by atoms with van der Waals surface area (Å²) in [6.07, 6.45) is 14.1. The van der Waals surface area contributed by atoms with Crippen LogP contribution in [0, 0.1) is 0 Å². The monoisotopic (exact) mass is 314 g/mol. The lowest BCUT2D eigenvalue weighted by Gasteiger charge is -2.29. The number of ether oxygens (including phenoxy) is 1. The fraction of sp³-hybridized carbons (Fsp3) is 0.500. The molecule has 4 N–H and O–H groups in total. The number of rotatable bonds is 9. The molecule has 2 rings (SSSR count). The van der Waals surface area contributed by atoms with Crippen LogP contribution in [0.2, 0.25) is 0 Å². The van der Waals surface area contributed by atoms with E-state index in [0.717, 1.165) is 30.0 Å². The highest BCUT2D eigenvalue weighted by Crippen LogP contribution is 2.34. The van der Waals surface area contributed by atoms with E-state index in [4.69, 9.17) is 16.2 Å². The molecule has 0 saturated carbocycles. The van der Waals surface area contributed by atoms with Gasteiger partial charge in [-0.05, 0) is 25.0 Å². The minimum absolute atomic E-state index is 0.527. The highest BCUT2D eigenvalue weighted by atomic mass is 16.5. The zero-order valence-electron chi connectivity index (χ0n) is 14.3. The van der Waals surface area contributed by atoms with E-state index in [9.17, 15) is 0 Å². The van der Waals surface area contributed by atoms with Gasteiger partial charge in [-0.15, -0.1) is 0 Å². The minimum Gasteiger partial charge on any atom is -0.493 e. The second-order valence-corrected chi connectivity index (χ2v) is 6.39. The third kappa shape index (κ3) is 5.14. The fourth-order valence-corrected chi connectivity index (χ4v) is 2.91. The Morgan fingerprint density at radius 2 is 1.83 bits per heavy atom. The Labute approximate surface area is 140 Å². The van der Waals surface area contributed by atoms with Crippen LogP contribution in [-0.4, -0.2) is 6.61 Å². The number of para-hydroxylation sites is 1. The van der Waals surface area contributed by atoms with Crippen molar-refractivity contribution in [3.63, 3.8) is 0 Å². The van der Waals surface area contributed by atoms with Gasteiger partial charge in [0.1, 0.15) is 5.75 Å². The van der Waals surface area contributed by atoms with Crippen molar-refractivity contribution in [1.82, 2.24) is 0 Å². The third-order valence-electron chi connectivity index (χ3n) is 4.39. The summed E-state index contributed by atoms with van der Waals surface area (Å²) in [5, 5.41) is 0. The Hall–Kier alpha value is -1.74. The van der Waals surface area contributed by atoms with E-state index in [0.29, 0.717) is 6.42 Å². The molecule has 1 atom stereocenters. The lowest BCUT2D eigenvalue weighted by atomic mass is 9.84. The van der Waals surface area contributed by atoms with Gasteiger partial charge in [0.2, 0.25) is 0 Å². The highest BCUT2D eigenvalue weighted by molar-refractivity contribution is 5.44. The van der Waals surface area contributed by atoms with Gasteiger partial charge >= 0.3 is 0 Å². The number of nitrogens with two attached hydrogens (primary N) is 2. The second-order valence-electron chi connectivity index (χ2n) is 6.39. The zero-order valence-corrected chi connectivity index (χ0v) is 14.3. The van der Waals surface area contributed by atoms with Crippen LogP contribution in [0.4, 0.5) is 0 Å². The van der Waals surface area contributed by atoms with E-state index in [1.54, 1.807) is 0 Å². The molecule has 0 spiro atoms. The van der Waals surface area contributed by atoms with Gasteiger partial charge in [-0.3, -0.25) is 0 Å². The van der Waals surface area contributed by atoms with Gasteiger partial charge in [-0.2, -0.15) is 0 Å². The average Bonchev–Trinajstić information content (AvgIpc) is 2.57. The van der Waals surface area contributed by atoms with Gasteiger partial charge in [0.25, 0.3) is 0 Å². The molecule has 0 saturated heterocycles. The summed E-state index contributed by atoms with van der Waals surface area (Å²) in [7, 11) is 0. The van der Waals surface area contributed by atoms with Gasteiger partial charge in [0.05, 0.1) is 12.1 Å². The van der Waals surface area contributed by atoms with Crippen molar-refractivity contribution in [2.75, 3.05) is 6.61 Å². The normalized spacial score (nSPS) is 20.3. The molecule has 0 heterocycles. The van der Waals surface area contributed by atoms with Crippen molar-refractivity contribution in [3.05, 3.63) is 53.8 Å². The summed E-state index contributed by atoms with van der Waals surface area (Å²) in [5.41, 5.74) is 13.7. The summed E-state index contributed by atoms with van der Waals surface area (Å²) < 4.78 is 6.02. The molecule has 0 fully saturated rings. The number of allylic oxidation sites excluding steroid dienone is 1. The molecule has 3 heteroatoms. The molecular formula is C20H30N2O. The molecule has 3 nitrogen and oxygen atoms in total. The molecule has 0 aromatic heterocycles. The molecular weight excluding hydrogens is 284 g/mol. The van der Waals surface area contributed by atoms with Crippen LogP contribution in [0.25, 0.3) is 0 Å². The Kier molecular flexibility index (Phi) is 6.72. The molecule has 1 unspecified atom stereocenters. The maximum Gasteiger partial charge on any atom is 0.124 e. The average molecular weight is 314 g/mol. The topological polar surface area (TPSA) is 61.3 Å². The van der Waals surface area contributed by atoms with Crippen LogP contribution < -0.4 is 16.2 Å². The van der Waals surface area contributed by atoms with Crippen molar-refractivity contribution in [2.24, 2.45) is 11.5 Å². The van der Waals surface area contributed by atoms with Gasteiger partial charge in [-0.1, -0.05) is 69.4 Å². The van der Waals surface area contributed by atoms with Crippen molar-refractivity contribution < 1.29 is 4.74 Å². The van der Waals surface area contributed by atoms with Crippen molar-refractivity contribution in [1.29, 1.82) is 0 Å². The largest absolute Gasteiger partial charge is 0.493 e. The number of hydrogen-bond donors (Lipinski definition) is 2. The molecule has 23 heavy (non-hydrogen) atoms. The molecule has 1 aromatic rings. The molecule has 0 amide bonds. The van der Waals surface area contributed by atoms with Gasteiger partial charge in [0.15, 0.2) is 0 Å². The van der Waals surface area contributed by atoms with E-state index in [-0.39, 0.29) is 0 Å². The summed E-state index contributed by atoms with van der Waals surface area (Å²) >= 11 is 0. The Morgan fingerprint density at radius 3 is 2.57 bits per heavy atom. The number of benzene rings is 1. The van der Waals surface area contributed by atoms with Gasteiger partial charge in [-0.25, -0.2) is 0 Å². The van der Waals surface area contributed by atoms with E-state index < -0.39 is 5.54 Å². The van der Waals surface area contributed by atoms with Crippen LogP contribution in [0.1, 0.15) is 57.4 Å². The van der Waals surface area contributed by atoms with E-state index in [1.165, 1.54) is 32.1 Å². The molecule has 0 radical (unpaired) electrons. The summed E-state index contributed by atoms with van der Waals surface area (Å²) in [4.78, 5) is 0. The molecule has 0 bridgehead atoms. The van der Waals surface area contributed by atoms with Crippen LogP contribution in [0.15, 0.2) is 48.2 Å². The highest BCUT2D eigenvalue weighted by Gasteiger charge is 2.28. The SMILES string of the molecule is CCCCCCCCOc1ccccc1C1(N)C=CC(N)=CC1. The van der Waals surface area contributed by atoms with Crippen LogP contribution in [0.5, 0.6) is 5.75 Å². The smallest absolute Gasteiger partial charge is 0.124 e. The van der Waals surface area contributed by atoms with Crippen molar-refractivity contribution in [3.8, 4) is 5.75 Å². The molecule has 0 aliphatic heterocycles. The molecule has 126 valence electrons. The first-order valence-corrected chi connectivity index (χ1v) is 8.82. The first kappa shape index (κ1) is 17.6. The van der Waals surface area contributed by atoms with E-state index in [1.807, 2.05) is 36.4 Å². The third-order valence-corrected chi connectivity index (χ3v) is 4.39. The lowest BCUT2D eigenvalue weighted by Crippen LogP contribution is -2.36.